The SMILES string of the molecule is COCCOCCOCCOCCOCCOCCOCCOCCOCCOCCOCCOCCOCCOCCOCCOCCOCCOCCOCCOCCOCCOCCOCCOCCC(=O)NCCCC[C@H](NC(=O)OC(C)(C)C)C(=O)O. The van der Waals surface area contributed by atoms with Crippen LogP contribution in [0.4, 0.5) is 4.79 Å². The van der Waals surface area contributed by atoms with E-state index >= 15 is 0 Å². The van der Waals surface area contributed by atoms with Gasteiger partial charge >= 0.3 is 12.1 Å². The maximum absolute atomic E-state index is 12.0. The molecule has 0 bridgehead atoms. The molecule has 0 aliphatic carbocycles. The van der Waals surface area contributed by atoms with E-state index < -0.39 is 23.7 Å². The van der Waals surface area contributed by atoms with E-state index in [1.807, 2.05) is 0 Å². The number of hydrogen-bond acceptors (Lipinski definition) is 28. The third kappa shape index (κ3) is 78.0. The molecule has 0 fully saturated rings. The van der Waals surface area contributed by atoms with Gasteiger partial charge in [0.05, 0.1) is 311 Å². The van der Waals surface area contributed by atoms with Gasteiger partial charge in [-0.15, -0.1) is 0 Å². The van der Waals surface area contributed by atoms with Crippen molar-refractivity contribution in [1.82, 2.24) is 10.6 Å². The molecule has 0 aromatic carbocycles. The number of carbonyl (C=O) groups excluding carboxylic acids is 2. The quantitative estimate of drug-likeness (QED) is 0.0729. The summed E-state index contributed by atoms with van der Waals surface area (Å²) in [5.74, 6) is -1.31. The number of hydrogen-bond donors (Lipinski definition) is 3. The summed E-state index contributed by atoms with van der Waals surface area (Å²) in [4.78, 5) is 35.3. The molecule has 0 heterocycles. The fourth-order valence-electron chi connectivity index (χ4n) is 6.74. The second-order valence-corrected chi connectivity index (χ2v) is 20.2. The van der Waals surface area contributed by atoms with Gasteiger partial charge in [0.25, 0.3) is 0 Å². The Morgan fingerprint density at radius 3 is 0.685 bits per heavy atom. The molecule has 2 amide bonds. The average Bonchev–Trinajstić information content (AvgIpc) is 3.36. The molecule has 31 nitrogen and oxygen atoms in total. The molecule has 0 spiro atoms. The standard InChI is InChI=1S/C61H120N2O29/c1-61(2,3)92-60(67)63-57(59(65)66)7-5-6-9-62-58(64)8-10-69-13-14-71-17-18-73-21-22-75-25-26-77-29-30-79-33-34-81-37-38-83-41-42-85-45-46-87-49-50-89-53-54-91-56-55-90-52-51-88-48-47-86-44-43-84-40-39-82-36-35-80-32-31-78-28-27-76-24-23-74-20-19-72-16-15-70-12-11-68-4/h57H,5-56H2,1-4H3,(H,62,64)(H,63,67)(H,65,66)/t57-/m0/s1. The summed E-state index contributed by atoms with van der Waals surface area (Å²) in [7, 11) is 1.64. The molecule has 92 heavy (non-hydrogen) atoms. The molecule has 0 unspecified atom stereocenters. The normalized spacial score (nSPS) is 12.1. The van der Waals surface area contributed by atoms with Gasteiger partial charge in [0.1, 0.15) is 11.6 Å². The van der Waals surface area contributed by atoms with Gasteiger partial charge in [-0.3, -0.25) is 4.79 Å². The fourth-order valence-corrected chi connectivity index (χ4v) is 6.74. The third-order valence-corrected chi connectivity index (χ3v) is 11.3. The summed E-state index contributed by atoms with van der Waals surface area (Å²) in [5.41, 5.74) is -0.727. The van der Waals surface area contributed by atoms with E-state index in [4.69, 9.17) is 118 Å². The van der Waals surface area contributed by atoms with Crippen molar-refractivity contribution in [2.24, 2.45) is 0 Å². The van der Waals surface area contributed by atoms with Crippen molar-refractivity contribution in [3.05, 3.63) is 0 Å². The second-order valence-electron chi connectivity index (χ2n) is 20.2. The molecular weight excluding hydrogens is 1220 g/mol. The van der Waals surface area contributed by atoms with Crippen LogP contribution in [0.25, 0.3) is 0 Å². The van der Waals surface area contributed by atoms with Crippen LogP contribution in [0, 0.1) is 0 Å². The summed E-state index contributed by atoms with van der Waals surface area (Å²) >= 11 is 0. The number of carboxylic acids is 1. The molecule has 0 aliphatic rings. The number of amides is 2. The van der Waals surface area contributed by atoms with Crippen molar-refractivity contribution in [3.8, 4) is 0 Å². The van der Waals surface area contributed by atoms with Crippen LogP contribution >= 0.6 is 0 Å². The van der Waals surface area contributed by atoms with Crippen molar-refractivity contribution >= 4 is 18.0 Å². The van der Waals surface area contributed by atoms with Crippen molar-refractivity contribution in [2.75, 3.05) is 324 Å². The van der Waals surface area contributed by atoms with Crippen LogP contribution in [0.2, 0.25) is 0 Å². The number of ether oxygens (including phenoxy) is 25. The summed E-state index contributed by atoms with van der Waals surface area (Å²) in [6.45, 7) is 27.6. The summed E-state index contributed by atoms with van der Waals surface area (Å²) in [6.07, 6.45) is 0.694. The number of nitrogens with one attached hydrogen (secondary N) is 2. The molecule has 0 rings (SSSR count). The zero-order valence-electron chi connectivity index (χ0n) is 56.2. The summed E-state index contributed by atoms with van der Waals surface area (Å²) in [6, 6.07) is -1.06. The lowest BCUT2D eigenvalue weighted by Crippen LogP contribution is -2.43. The van der Waals surface area contributed by atoms with Gasteiger partial charge in [-0.1, -0.05) is 0 Å². The van der Waals surface area contributed by atoms with E-state index in [9.17, 15) is 19.5 Å². The number of carboxylic acid groups (broad SMARTS) is 1. The first-order valence-electron chi connectivity index (χ1n) is 32.4. The fraction of sp³-hybridized carbons (Fsp3) is 0.951. The number of unbranched alkanes of at least 4 members (excludes halogenated alkanes) is 1. The molecule has 31 heteroatoms. The Morgan fingerprint density at radius 2 is 0.500 bits per heavy atom. The predicted molar refractivity (Wildman–Crippen MR) is 333 cm³/mol. The van der Waals surface area contributed by atoms with E-state index in [2.05, 4.69) is 10.6 Å². The highest BCUT2D eigenvalue weighted by molar-refractivity contribution is 5.80. The topological polar surface area (TPSA) is 326 Å². The number of alkyl carbamates (subject to hydrolysis) is 1. The first-order valence-corrected chi connectivity index (χ1v) is 32.4. The van der Waals surface area contributed by atoms with Crippen molar-refractivity contribution in [2.45, 2.75) is 58.1 Å². The van der Waals surface area contributed by atoms with Crippen molar-refractivity contribution in [1.29, 1.82) is 0 Å². The number of aliphatic carboxylic acids is 1. The van der Waals surface area contributed by atoms with E-state index in [0.717, 1.165) is 0 Å². The predicted octanol–water partition coefficient (Wildman–Crippen LogP) is 1.67. The molecule has 0 saturated heterocycles. The van der Waals surface area contributed by atoms with Crippen molar-refractivity contribution < 1.29 is 138 Å². The number of carbonyl (C=O) groups is 3. The van der Waals surface area contributed by atoms with E-state index in [1.54, 1.807) is 27.9 Å². The summed E-state index contributed by atoms with van der Waals surface area (Å²) < 4.78 is 136. The first kappa shape index (κ1) is 89.2. The van der Waals surface area contributed by atoms with Crippen molar-refractivity contribution in [3.63, 3.8) is 0 Å². The third-order valence-electron chi connectivity index (χ3n) is 11.3. The molecule has 548 valence electrons. The minimum absolute atomic E-state index is 0.165. The highest BCUT2D eigenvalue weighted by atomic mass is 16.6. The lowest BCUT2D eigenvalue weighted by molar-refractivity contribution is -0.139. The molecule has 0 aromatic rings. The lowest BCUT2D eigenvalue weighted by Gasteiger charge is -2.22. The Labute approximate surface area is 547 Å². The van der Waals surface area contributed by atoms with E-state index in [0.29, 0.717) is 323 Å². The Bertz CT molecular complexity index is 1500. The minimum atomic E-state index is -1.14. The van der Waals surface area contributed by atoms with Gasteiger partial charge in [0, 0.05) is 20.1 Å². The largest absolute Gasteiger partial charge is 0.480 e. The highest BCUT2D eigenvalue weighted by Crippen LogP contribution is 2.09. The van der Waals surface area contributed by atoms with Crippen LogP contribution in [-0.4, -0.2) is 359 Å². The van der Waals surface area contributed by atoms with Gasteiger partial charge in [-0.2, -0.15) is 0 Å². The molecule has 3 N–H and O–H groups in total. The first-order chi connectivity index (χ1) is 45.2. The number of methoxy groups -OCH3 is 1. The zero-order chi connectivity index (χ0) is 66.7. The maximum Gasteiger partial charge on any atom is 0.408 e. The lowest BCUT2D eigenvalue weighted by atomic mass is 10.1. The van der Waals surface area contributed by atoms with Crippen LogP contribution in [0.1, 0.15) is 46.5 Å². The van der Waals surface area contributed by atoms with Crippen LogP contribution in [0.15, 0.2) is 0 Å². The molecule has 1 atom stereocenters. The smallest absolute Gasteiger partial charge is 0.408 e. The Hall–Kier alpha value is -2.75. The van der Waals surface area contributed by atoms with Crippen LogP contribution < -0.4 is 10.6 Å². The highest BCUT2D eigenvalue weighted by Gasteiger charge is 2.23. The Balaban J connectivity index is 3.17. The molecular formula is C61H120N2O29. The molecule has 0 radical (unpaired) electrons. The van der Waals surface area contributed by atoms with Crippen LogP contribution in [-0.2, 0) is 128 Å². The van der Waals surface area contributed by atoms with Gasteiger partial charge in [-0.05, 0) is 40.0 Å². The molecule has 0 aromatic heterocycles. The molecule has 0 aliphatic heterocycles. The van der Waals surface area contributed by atoms with Gasteiger partial charge in [0.15, 0.2) is 0 Å². The van der Waals surface area contributed by atoms with Gasteiger partial charge in [0.2, 0.25) is 5.91 Å². The van der Waals surface area contributed by atoms with Crippen LogP contribution in [0.5, 0.6) is 0 Å². The van der Waals surface area contributed by atoms with E-state index in [-0.39, 0.29) is 25.4 Å². The van der Waals surface area contributed by atoms with E-state index in [1.165, 1.54) is 0 Å². The monoisotopic (exact) mass is 1340 g/mol. The Kier molecular flexibility index (Phi) is 73.4. The van der Waals surface area contributed by atoms with Crippen LogP contribution in [0.3, 0.4) is 0 Å². The molecule has 0 saturated carbocycles. The average molecular weight is 1350 g/mol. The Morgan fingerprint density at radius 1 is 0.304 bits per heavy atom. The number of rotatable bonds is 79. The summed E-state index contributed by atoms with van der Waals surface area (Å²) in [5, 5.41) is 14.5. The van der Waals surface area contributed by atoms with Gasteiger partial charge in [-0.25, -0.2) is 9.59 Å². The minimum Gasteiger partial charge on any atom is -0.480 e. The maximum atomic E-state index is 12.0. The zero-order valence-corrected chi connectivity index (χ0v) is 56.2. The second kappa shape index (κ2) is 75.6. The van der Waals surface area contributed by atoms with Gasteiger partial charge < -0.3 is 134 Å².